The summed E-state index contributed by atoms with van der Waals surface area (Å²) in [4.78, 5) is 39.0. The first-order chi connectivity index (χ1) is 14.9. The maximum absolute atomic E-state index is 13.1. The minimum atomic E-state index is -1.25. The fraction of sp³-hybridized carbons (Fsp3) is 0.208. The number of nitrogens with one attached hydrogen (secondary N) is 2. The fourth-order valence-electron chi connectivity index (χ4n) is 3.69. The molecule has 1 atom stereocenters. The molecule has 4 amide bonds. The number of benzene rings is 3. The monoisotopic (exact) mass is 417 g/mol. The zero-order valence-electron chi connectivity index (χ0n) is 17.3. The summed E-state index contributed by atoms with van der Waals surface area (Å²) >= 11 is 0. The number of methoxy groups -OCH3 is 1. The lowest BCUT2D eigenvalue weighted by Gasteiger charge is -2.22. The Balaban J connectivity index is 1.50. The van der Waals surface area contributed by atoms with E-state index in [0.717, 1.165) is 27.0 Å². The molecule has 4 rings (SSSR count). The van der Waals surface area contributed by atoms with E-state index in [4.69, 9.17) is 4.74 Å². The molecule has 3 aromatic carbocycles. The SMILES string of the molecule is COc1ccc2cc(C3(C)NC(=O)N(CC(=O)NCc4ccccc4)C3=O)ccc2c1. The molecule has 7 nitrogen and oxygen atoms in total. The van der Waals surface area contributed by atoms with Gasteiger partial charge in [-0.3, -0.25) is 14.5 Å². The summed E-state index contributed by atoms with van der Waals surface area (Å²) in [7, 11) is 1.61. The Labute approximate surface area is 180 Å². The summed E-state index contributed by atoms with van der Waals surface area (Å²) in [6.45, 7) is 1.65. The van der Waals surface area contributed by atoms with Crippen molar-refractivity contribution in [2.45, 2.75) is 19.0 Å². The maximum atomic E-state index is 13.1. The smallest absolute Gasteiger partial charge is 0.325 e. The predicted octanol–water partition coefficient (Wildman–Crippen LogP) is 2.93. The Morgan fingerprint density at radius 1 is 1.03 bits per heavy atom. The van der Waals surface area contributed by atoms with Gasteiger partial charge in [0.15, 0.2) is 0 Å². The first kappa shape index (κ1) is 20.4. The van der Waals surface area contributed by atoms with Crippen molar-refractivity contribution in [2.24, 2.45) is 0 Å². The molecule has 3 aromatic rings. The average molecular weight is 417 g/mol. The number of imide groups is 1. The molecule has 1 aliphatic heterocycles. The average Bonchev–Trinajstić information content (AvgIpc) is 3.01. The highest BCUT2D eigenvalue weighted by Gasteiger charge is 2.49. The van der Waals surface area contributed by atoms with Gasteiger partial charge in [-0.1, -0.05) is 48.5 Å². The van der Waals surface area contributed by atoms with Crippen molar-refractivity contribution < 1.29 is 19.1 Å². The summed E-state index contributed by atoms with van der Waals surface area (Å²) in [6, 6.07) is 20.0. The van der Waals surface area contributed by atoms with Gasteiger partial charge < -0.3 is 15.4 Å². The molecule has 0 bridgehead atoms. The first-order valence-corrected chi connectivity index (χ1v) is 9.94. The van der Waals surface area contributed by atoms with Gasteiger partial charge in [-0.25, -0.2) is 4.79 Å². The molecule has 2 N–H and O–H groups in total. The number of fused-ring (bicyclic) bond motifs is 1. The normalized spacial score (nSPS) is 18.2. The number of amides is 4. The van der Waals surface area contributed by atoms with Crippen molar-refractivity contribution in [3.63, 3.8) is 0 Å². The number of hydrogen-bond acceptors (Lipinski definition) is 4. The highest BCUT2D eigenvalue weighted by molar-refractivity contribution is 6.09. The summed E-state index contributed by atoms with van der Waals surface area (Å²) < 4.78 is 5.25. The highest BCUT2D eigenvalue weighted by Crippen LogP contribution is 2.31. The second-order valence-corrected chi connectivity index (χ2v) is 7.64. The zero-order chi connectivity index (χ0) is 22.0. The molecule has 1 heterocycles. The van der Waals surface area contributed by atoms with Gasteiger partial charge in [-0.05, 0) is 47.0 Å². The molecule has 0 spiro atoms. The van der Waals surface area contributed by atoms with E-state index in [1.54, 1.807) is 20.1 Å². The van der Waals surface area contributed by atoms with Gasteiger partial charge in [-0.15, -0.1) is 0 Å². The van der Waals surface area contributed by atoms with Crippen molar-refractivity contribution >= 4 is 28.6 Å². The fourth-order valence-corrected chi connectivity index (χ4v) is 3.69. The van der Waals surface area contributed by atoms with Crippen LogP contribution in [0.25, 0.3) is 10.8 Å². The molecule has 1 saturated heterocycles. The van der Waals surface area contributed by atoms with E-state index < -0.39 is 23.4 Å². The van der Waals surface area contributed by atoms with Crippen LogP contribution in [0.1, 0.15) is 18.1 Å². The van der Waals surface area contributed by atoms with Crippen molar-refractivity contribution in [2.75, 3.05) is 13.7 Å². The van der Waals surface area contributed by atoms with Crippen molar-refractivity contribution in [3.05, 3.63) is 77.9 Å². The van der Waals surface area contributed by atoms with Crippen LogP contribution in [0.3, 0.4) is 0 Å². The largest absolute Gasteiger partial charge is 0.497 e. The van der Waals surface area contributed by atoms with Gasteiger partial charge >= 0.3 is 6.03 Å². The van der Waals surface area contributed by atoms with Crippen LogP contribution in [-0.2, 0) is 21.7 Å². The number of carbonyl (C=O) groups is 3. The van der Waals surface area contributed by atoms with Gasteiger partial charge in [0.1, 0.15) is 17.8 Å². The van der Waals surface area contributed by atoms with Gasteiger partial charge in [0.05, 0.1) is 7.11 Å². The van der Waals surface area contributed by atoms with Crippen molar-refractivity contribution in [3.8, 4) is 5.75 Å². The molecule has 0 aliphatic carbocycles. The minimum absolute atomic E-state index is 0.328. The van der Waals surface area contributed by atoms with Crippen LogP contribution >= 0.6 is 0 Å². The van der Waals surface area contributed by atoms with Crippen LogP contribution in [0.5, 0.6) is 5.75 Å². The molecular weight excluding hydrogens is 394 g/mol. The van der Waals surface area contributed by atoms with E-state index in [1.807, 2.05) is 60.7 Å². The number of rotatable bonds is 6. The molecule has 1 aliphatic rings. The number of urea groups is 1. The highest BCUT2D eigenvalue weighted by atomic mass is 16.5. The number of ether oxygens (including phenoxy) is 1. The van der Waals surface area contributed by atoms with E-state index in [2.05, 4.69) is 10.6 Å². The third-order valence-corrected chi connectivity index (χ3v) is 5.53. The van der Waals surface area contributed by atoms with Gasteiger partial charge in [0, 0.05) is 6.54 Å². The van der Waals surface area contributed by atoms with Crippen LogP contribution in [0.15, 0.2) is 66.7 Å². The van der Waals surface area contributed by atoms with Crippen LogP contribution in [0, 0.1) is 0 Å². The molecule has 7 heteroatoms. The molecule has 0 saturated carbocycles. The van der Waals surface area contributed by atoms with E-state index in [1.165, 1.54) is 0 Å². The predicted molar refractivity (Wildman–Crippen MR) is 116 cm³/mol. The molecule has 0 aromatic heterocycles. The number of carbonyl (C=O) groups excluding carboxylic acids is 3. The van der Waals surface area contributed by atoms with Gasteiger partial charge in [0.25, 0.3) is 5.91 Å². The second-order valence-electron chi connectivity index (χ2n) is 7.64. The van der Waals surface area contributed by atoms with E-state index in [0.29, 0.717) is 12.1 Å². The lowest BCUT2D eigenvalue weighted by molar-refractivity contribution is -0.134. The summed E-state index contributed by atoms with van der Waals surface area (Å²) in [5.41, 5.74) is 0.339. The summed E-state index contributed by atoms with van der Waals surface area (Å²) in [5, 5.41) is 7.37. The van der Waals surface area contributed by atoms with E-state index in [-0.39, 0.29) is 6.54 Å². The minimum Gasteiger partial charge on any atom is -0.497 e. The second kappa shape index (κ2) is 8.10. The van der Waals surface area contributed by atoms with Crippen LogP contribution in [0.2, 0.25) is 0 Å². The third-order valence-electron chi connectivity index (χ3n) is 5.53. The van der Waals surface area contributed by atoms with Crippen LogP contribution < -0.4 is 15.4 Å². The van der Waals surface area contributed by atoms with Crippen molar-refractivity contribution in [1.29, 1.82) is 0 Å². The van der Waals surface area contributed by atoms with Crippen LogP contribution in [-0.4, -0.2) is 36.4 Å². The lowest BCUT2D eigenvalue weighted by atomic mass is 9.90. The molecule has 158 valence electrons. The quantitative estimate of drug-likeness (QED) is 0.604. The lowest BCUT2D eigenvalue weighted by Crippen LogP contribution is -2.43. The topological polar surface area (TPSA) is 87.7 Å². The molecule has 1 unspecified atom stereocenters. The van der Waals surface area contributed by atoms with Crippen molar-refractivity contribution in [1.82, 2.24) is 15.5 Å². The number of nitrogens with zero attached hydrogens (tertiary/aromatic N) is 1. The van der Waals surface area contributed by atoms with E-state index >= 15 is 0 Å². The standard InChI is InChI=1S/C24H23N3O4/c1-24(19-10-8-18-13-20(31-2)11-9-17(18)12-19)22(29)27(23(30)26-24)15-21(28)25-14-16-6-4-3-5-7-16/h3-13H,14-15H2,1-2H3,(H,25,28)(H,26,30). The number of hydrogen-bond donors (Lipinski definition) is 2. The summed E-state index contributed by atoms with van der Waals surface area (Å²) in [5.74, 6) is -0.119. The van der Waals surface area contributed by atoms with E-state index in [9.17, 15) is 14.4 Å². The Bertz CT molecular complexity index is 1160. The molecular formula is C24H23N3O4. The Morgan fingerprint density at radius 2 is 1.74 bits per heavy atom. The van der Waals surface area contributed by atoms with Gasteiger partial charge in [-0.2, -0.15) is 0 Å². The Hall–Kier alpha value is -3.87. The zero-order valence-corrected chi connectivity index (χ0v) is 17.3. The van der Waals surface area contributed by atoms with Gasteiger partial charge in [0.2, 0.25) is 5.91 Å². The first-order valence-electron chi connectivity index (χ1n) is 9.94. The Morgan fingerprint density at radius 3 is 2.48 bits per heavy atom. The molecule has 1 fully saturated rings. The van der Waals surface area contributed by atoms with Crippen LogP contribution in [0.4, 0.5) is 4.79 Å². The molecule has 31 heavy (non-hydrogen) atoms. The Kier molecular flexibility index (Phi) is 5.33. The maximum Gasteiger partial charge on any atom is 0.325 e. The molecule has 0 radical (unpaired) electrons. The third kappa shape index (κ3) is 3.94. The summed E-state index contributed by atoms with van der Waals surface area (Å²) in [6.07, 6.45) is 0.